The van der Waals surface area contributed by atoms with Crippen LogP contribution in [0.1, 0.15) is 2.85 Å². The van der Waals surface area contributed by atoms with Crippen LogP contribution in [0.3, 0.4) is 0 Å². The fourth-order valence-electron chi connectivity index (χ4n) is 1.69. The first kappa shape index (κ1) is 24.9. The third-order valence-corrected chi connectivity index (χ3v) is 2.76. The zero-order valence-corrected chi connectivity index (χ0v) is 19.4. The van der Waals surface area contributed by atoms with Gasteiger partial charge in [-0.1, -0.05) is 36.4 Å². The Morgan fingerprint density at radius 2 is 1.17 bits per heavy atom. The Morgan fingerprint density at radius 3 is 1.50 bits per heavy atom. The second kappa shape index (κ2) is 12.3. The molecule has 0 saturated heterocycles. The molecule has 2 rings (SSSR count). The summed E-state index contributed by atoms with van der Waals surface area (Å²) in [6, 6.07) is 10.2. The van der Waals surface area contributed by atoms with E-state index < -0.39 is 32.0 Å². The fraction of sp³-hybridized carbons (Fsp3) is 0. The zero-order valence-electron chi connectivity index (χ0n) is 15.1. The molecular formula is C13H12B2F2K2O5. The predicted octanol–water partition coefficient (Wildman–Crippen LogP) is -5.57. The molecule has 0 aromatic heterocycles. The first-order valence-electron chi connectivity index (χ1n) is 6.21. The van der Waals surface area contributed by atoms with E-state index in [1.165, 1.54) is 36.4 Å². The molecule has 2 aromatic rings. The Labute approximate surface area is 226 Å². The topological polar surface area (TPSA) is 76.0 Å². The molecule has 0 atom stereocenters. The minimum atomic E-state index is -1.92. The van der Waals surface area contributed by atoms with Crippen molar-refractivity contribution in [2.75, 3.05) is 0 Å². The van der Waals surface area contributed by atoms with E-state index in [0.29, 0.717) is 0 Å². The molecule has 0 aliphatic carbocycles. The van der Waals surface area contributed by atoms with Crippen LogP contribution in [-0.4, -0.2) is 30.4 Å². The summed E-state index contributed by atoms with van der Waals surface area (Å²) < 4.78 is 35.6. The Morgan fingerprint density at radius 1 is 0.833 bits per heavy atom. The van der Waals surface area contributed by atoms with E-state index in [1.807, 2.05) is 0 Å². The van der Waals surface area contributed by atoms with Gasteiger partial charge in [-0.15, -0.1) is 0 Å². The standard InChI is InChI=1S/C13H10B2F2O5.2K.2H/c16-11-7-3-1-5-9(11)14(19)21-13(18)22-15(20)10-6-2-4-8-12(10)17;;;;/h1-8,19-20H;;;;/q;2*+1;2*-1. The third-order valence-electron chi connectivity index (χ3n) is 2.76. The number of halogens is 2. The van der Waals surface area contributed by atoms with Gasteiger partial charge in [0.1, 0.15) is 11.6 Å². The molecule has 0 unspecified atom stereocenters. The molecule has 0 aliphatic heterocycles. The van der Waals surface area contributed by atoms with Crippen LogP contribution in [0, 0.1) is 11.6 Å². The minimum absolute atomic E-state index is 0. The van der Waals surface area contributed by atoms with Crippen molar-refractivity contribution >= 4 is 31.3 Å². The average Bonchev–Trinajstić information content (AvgIpc) is 2.47. The number of hydrogen-bond donors (Lipinski definition) is 2. The van der Waals surface area contributed by atoms with Crippen LogP contribution in [0.25, 0.3) is 0 Å². The third kappa shape index (κ3) is 7.25. The van der Waals surface area contributed by atoms with Crippen LogP contribution in [0.4, 0.5) is 13.6 Å². The van der Waals surface area contributed by atoms with E-state index >= 15 is 0 Å². The predicted molar refractivity (Wildman–Crippen MR) is 77.8 cm³/mol. The molecule has 0 spiro atoms. The second-order valence-corrected chi connectivity index (χ2v) is 4.23. The summed E-state index contributed by atoms with van der Waals surface area (Å²) in [6.45, 7) is 0. The van der Waals surface area contributed by atoms with Crippen LogP contribution >= 0.6 is 0 Å². The second-order valence-electron chi connectivity index (χ2n) is 4.23. The number of hydrogen-bond acceptors (Lipinski definition) is 5. The molecule has 0 heterocycles. The Hall–Kier alpha value is 0.893. The van der Waals surface area contributed by atoms with E-state index in [-0.39, 0.29) is 117 Å². The first-order chi connectivity index (χ1) is 10.5. The smallest absolute Gasteiger partial charge is 1.00 e. The van der Waals surface area contributed by atoms with Gasteiger partial charge in [-0.2, -0.15) is 0 Å². The van der Waals surface area contributed by atoms with Crippen LogP contribution in [-0.2, 0) is 9.31 Å². The summed E-state index contributed by atoms with van der Waals surface area (Å²) in [5, 5.41) is 19.2. The Balaban J connectivity index is -0.00000132. The van der Waals surface area contributed by atoms with Crippen LogP contribution < -0.4 is 114 Å². The first-order valence-corrected chi connectivity index (χ1v) is 6.21. The zero-order chi connectivity index (χ0) is 16.1. The van der Waals surface area contributed by atoms with Crippen LogP contribution in [0.15, 0.2) is 48.5 Å². The summed E-state index contributed by atoms with van der Waals surface area (Å²) in [5.41, 5.74) is -0.556. The molecule has 0 bridgehead atoms. The van der Waals surface area contributed by atoms with Crippen molar-refractivity contribution in [3.05, 3.63) is 60.2 Å². The molecule has 0 saturated carbocycles. The molecule has 5 nitrogen and oxygen atoms in total. The molecular weight excluding hydrogens is 374 g/mol. The molecule has 0 radical (unpaired) electrons. The van der Waals surface area contributed by atoms with E-state index in [4.69, 9.17) is 0 Å². The average molecular weight is 386 g/mol. The van der Waals surface area contributed by atoms with Crippen LogP contribution in [0.2, 0.25) is 0 Å². The van der Waals surface area contributed by atoms with Gasteiger partial charge in [0.05, 0.1) is 0 Å². The summed E-state index contributed by atoms with van der Waals surface area (Å²) >= 11 is 0. The van der Waals surface area contributed by atoms with Crippen molar-refractivity contribution in [2.45, 2.75) is 0 Å². The minimum Gasteiger partial charge on any atom is -1.00 e. The van der Waals surface area contributed by atoms with Gasteiger partial charge in [0, 0.05) is 10.9 Å². The number of benzene rings is 2. The monoisotopic (exact) mass is 386 g/mol. The molecule has 11 heteroatoms. The van der Waals surface area contributed by atoms with Crippen molar-refractivity contribution in [3.8, 4) is 0 Å². The van der Waals surface area contributed by atoms with Crippen molar-refractivity contribution in [1.82, 2.24) is 0 Å². The quantitative estimate of drug-likeness (QED) is 0.513. The van der Waals surface area contributed by atoms with Crippen molar-refractivity contribution in [3.63, 3.8) is 0 Å². The molecule has 2 N–H and O–H groups in total. The van der Waals surface area contributed by atoms with Crippen LogP contribution in [0.5, 0.6) is 0 Å². The maximum absolute atomic E-state index is 13.4. The molecule has 0 aliphatic rings. The number of rotatable bonds is 4. The summed E-state index contributed by atoms with van der Waals surface area (Å²) in [4.78, 5) is 11.4. The fourth-order valence-corrected chi connectivity index (χ4v) is 1.69. The maximum atomic E-state index is 13.4. The van der Waals surface area contributed by atoms with Gasteiger partial charge in [0.15, 0.2) is 0 Å². The molecule has 0 amide bonds. The Kier molecular flexibility index (Phi) is 12.8. The van der Waals surface area contributed by atoms with Crippen molar-refractivity contribution < 1.29 is 139 Å². The summed E-state index contributed by atoms with van der Waals surface area (Å²) in [7, 11) is -3.83. The molecule has 24 heavy (non-hydrogen) atoms. The molecule has 0 fully saturated rings. The molecule has 116 valence electrons. The molecule has 2 aromatic carbocycles. The normalized spacial score (nSPS) is 9.17. The maximum Gasteiger partial charge on any atom is 1.00 e. The van der Waals surface area contributed by atoms with E-state index in [0.717, 1.165) is 12.1 Å². The number of carbonyl (C=O) groups excluding carboxylic acids is 1. The van der Waals surface area contributed by atoms with E-state index in [1.54, 1.807) is 0 Å². The Bertz CT molecular complexity index is 635. The van der Waals surface area contributed by atoms with Gasteiger partial charge in [0.25, 0.3) is 0 Å². The van der Waals surface area contributed by atoms with Crippen molar-refractivity contribution in [2.24, 2.45) is 0 Å². The van der Waals surface area contributed by atoms with E-state index in [2.05, 4.69) is 9.31 Å². The van der Waals surface area contributed by atoms with Gasteiger partial charge < -0.3 is 22.2 Å². The summed E-state index contributed by atoms with van der Waals surface area (Å²) in [5.74, 6) is -1.56. The van der Waals surface area contributed by atoms with Gasteiger partial charge >= 0.3 is 123 Å². The SMILES string of the molecule is O=C(OB(O)c1ccccc1F)OB(O)c1ccccc1F.[H-].[H-].[K+].[K+]. The summed E-state index contributed by atoms with van der Waals surface area (Å²) in [6.07, 6.45) is -1.48. The number of carbonyl (C=O) groups is 1. The van der Waals surface area contributed by atoms with Gasteiger partial charge in [-0.05, 0) is 12.1 Å². The van der Waals surface area contributed by atoms with Gasteiger partial charge in [-0.25, -0.2) is 13.6 Å². The largest absolute Gasteiger partial charge is 1.00 e. The van der Waals surface area contributed by atoms with Gasteiger partial charge in [-0.3, -0.25) is 0 Å². The van der Waals surface area contributed by atoms with Gasteiger partial charge in [0.2, 0.25) is 0 Å². The van der Waals surface area contributed by atoms with Crippen molar-refractivity contribution in [1.29, 1.82) is 0 Å². The van der Waals surface area contributed by atoms with E-state index in [9.17, 15) is 23.6 Å².